The van der Waals surface area contributed by atoms with Crippen LogP contribution in [0.2, 0.25) is 0 Å². The maximum absolute atomic E-state index is 12.4. The highest BCUT2D eigenvalue weighted by Gasteiger charge is 2.21. The van der Waals surface area contributed by atoms with Crippen molar-refractivity contribution in [1.82, 2.24) is 9.29 Å². The molecule has 1 aromatic heterocycles. The van der Waals surface area contributed by atoms with Gasteiger partial charge < -0.3 is 0 Å². The smallest absolute Gasteiger partial charge is 0.244 e. The normalized spacial score (nSPS) is 12.4. The van der Waals surface area contributed by atoms with Gasteiger partial charge in [0.2, 0.25) is 10.0 Å². The van der Waals surface area contributed by atoms with Gasteiger partial charge in [-0.05, 0) is 31.5 Å². The second-order valence-electron chi connectivity index (χ2n) is 5.64. The summed E-state index contributed by atoms with van der Waals surface area (Å²) in [7, 11) is -3.49. The molecular weight excluding hydrogens is 336 g/mol. The summed E-state index contributed by atoms with van der Waals surface area (Å²) in [4.78, 5) is 4.33. The summed E-state index contributed by atoms with van der Waals surface area (Å²) in [5, 5.41) is 4.30. The highest BCUT2D eigenvalue weighted by Crippen LogP contribution is 2.16. The van der Waals surface area contributed by atoms with Gasteiger partial charge in [0.15, 0.2) is 0 Å². The zero-order valence-electron chi connectivity index (χ0n) is 15.0. The van der Waals surface area contributed by atoms with Gasteiger partial charge in [0.25, 0.3) is 0 Å². The Labute approximate surface area is 149 Å². The Hall–Kier alpha value is -2.25. The van der Waals surface area contributed by atoms with Crippen LogP contribution in [-0.4, -0.2) is 36.5 Å². The van der Waals surface area contributed by atoms with Gasteiger partial charge in [0.1, 0.15) is 10.7 Å². The van der Waals surface area contributed by atoms with Gasteiger partial charge in [-0.15, -0.1) is 0 Å². The van der Waals surface area contributed by atoms with E-state index >= 15 is 0 Å². The second kappa shape index (κ2) is 8.22. The first-order valence-corrected chi connectivity index (χ1v) is 9.66. The third-order valence-corrected chi connectivity index (χ3v) is 5.92. The summed E-state index contributed by atoms with van der Waals surface area (Å²) >= 11 is 0. The van der Waals surface area contributed by atoms with Gasteiger partial charge in [0, 0.05) is 19.3 Å². The lowest BCUT2D eigenvalue weighted by atomic mass is 10.1. The minimum atomic E-state index is -3.49. The molecule has 0 spiro atoms. The molecule has 0 amide bonds. The maximum atomic E-state index is 12.4. The number of hydrogen-bond acceptors (Lipinski definition) is 5. The van der Waals surface area contributed by atoms with E-state index in [9.17, 15) is 8.42 Å². The van der Waals surface area contributed by atoms with Crippen LogP contribution in [0.25, 0.3) is 0 Å². The zero-order chi connectivity index (χ0) is 18.4. The van der Waals surface area contributed by atoms with E-state index in [2.05, 4.69) is 15.5 Å². The molecule has 2 aromatic rings. The number of benzene rings is 1. The molecule has 0 fully saturated rings. The Morgan fingerprint density at radius 1 is 1.12 bits per heavy atom. The fourth-order valence-corrected chi connectivity index (χ4v) is 3.72. The first kappa shape index (κ1) is 19.1. The van der Waals surface area contributed by atoms with Crippen molar-refractivity contribution in [2.75, 3.05) is 18.5 Å². The Morgan fingerprint density at radius 3 is 2.28 bits per heavy atom. The number of rotatable bonds is 7. The van der Waals surface area contributed by atoms with Crippen LogP contribution in [0.1, 0.15) is 31.9 Å². The average molecular weight is 360 g/mol. The first-order valence-electron chi connectivity index (χ1n) is 8.22. The Kier molecular flexibility index (Phi) is 6.27. The molecule has 0 atom stereocenters. The number of pyridine rings is 1. The van der Waals surface area contributed by atoms with Gasteiger partial charge in [-0.2, -0.15) is 9.41 Å². The van der Waals surface area contributed by atoms with Crippen LogP contribution in [0.15, 0.2) is 52.6 Å². The van der Waals surface area contributed by atoms with Crippen molar-refractivity contribution < 1.29 is 8.42 Å². The van der Waals surface area contributed by atoms with E-state index in [-0.39, 0.29) is 4.90 Å². The van der Waals surface area contributed by atoms with Gasteiger partial charge in [-0.3, -0.25) is 5.43 Å². The molecule has 0 radical (unpaired) electrons. The number of aromatic nitrogens is 1. The second-order valence-corrected chi connectivity index (χ2v) is 7.58. The summed E-state index contributed by atoms with van der Waals surface area (Å²) < 4.78 is 26.2. The molecule has 0 bridgehead atoms. The molecule has 1 heterocycles. The zero-order valence-corrected chi connectivity index (χ0v) is 15.8. The van der Waals surface area contributed by atoms with Crippen molar-refractivity contribution in [3.63, 3.8) is 0 Å². The van der Waals surface area contributed by atoms with Crippen molar-refractivity contribution in [2.45, 2.75) is 32.6 Å². The van der Waals surface area contributed by atoms with E-state index in [0.717, 1.165) is 11.3 Å². The summed E-state index contributed by atoms with van der Waals surface area (Å²) in [6.45, 7) is 8.42. The molecule has 7 heteroatoms. The minimum Gasteiger partial charge on any atom is -0.261 e. The minimum absolute atomic E-state index is 0.181. The van der Waals surface area contributed by atoms with Crippen molar-refractivity contribution in [1.29, 1.82) is 0 Å². The highest BCUT2D eigenvalue weighted by molar-refractivity contribution is 7.89. The van der Waals surface area contributed by atoms with E-state index in [0.29, 0.717) is 18.9 Å². The van der Waals surface area contributed by atoms with Crippen LogP contribution in [-0.2, 0) is 10.0 Å². The number of aryl methyl sites for hydroxylation is 1. The Morgan fingerprint density at radius 2 is 1.76 bits per heavy atom. The van der Waals surface area contributed by atoms with Crippen LogP contribution >= 0.6 is 0 Å². The summed E-state index contributed by atoms with van der Waals surface area (Å²) in [6, 6.07) is 11.2. The summed E-state index contributed by atoms with van der Waals surface area (Å²) in [6.07, 6.45) is 1.35. The number of sulfonamides is 1. The number of anilines is 1. The van der Waals surface area contributed by atoms with Crippen molar-refractivity contribution in [3.8, 4) is 0 Å². The Bertz CT molecular complexity index is 824. The van der Waals surface area contributed by atoms with Crippen LogP contribution in [0, 0.1) is 6.92 Å². The highest BCUT2D eigenvalue weighted by atomic mass is 32.2. The molecule has 0 aliphatic rings. The topological polar surface area (TPSA) is 74.7 Å². The fraction of sp³-hybridized carbons (Fsp3) is 0.333. The third-order valence-electron chi connectivity index (χ3n) is 3.89. The number of hydrogen-bond donors (Lipinski definition) is 1. The number of nitrogens with zero attached hydrogens (tertiary/aromatic N) is 3. The van der Waals surface area contributed by atoms with Gasteiger partial charge in [0.05, 0.1) is 5.71 Å². The summed E-state index contributed by atoms with van der Waals surface area (Å²) in [5.41, 5.74) is 5.89. The molecule has 0 saturated heterocycles. The predicted molar refractivity (Wildman–Crippen MR) is 101 cm³/mol. The lowest BCUT2D eigenvalue weighted by molar-refractivity contribution is 0.445. The molecule has 0 unspecified atom stereocenters. The lowest BCUT2D eigenvalue weighted by Gasteiger charge is -2.18. The van der Waals surface area contributed by atoms with Crippen molar-refractivity contribution in [2.24, 2.45) is 5.10 Å². The van der Waals surface area contributed by atoms with Crippen molar-refractivity contribution >= 4 is 21.6 Å². The Balaban J connectivity index is 2.12. The molecule has 2 rings (SSSR count). The SMILES string of the molecule is CCN(CC)S(=O)(=O)c1ccc(N/N=C(/C)c2ccc(C)cc2)nc1. The van der Waals surface area contributed by atoms with Crippen molar-refractivity contribution in [3.05, 3.63) is 53.7 Å². The molecule has 134 valence electrons. The predicted octanol–water partition coefficient (Wildman–Crippen LogP) is 3.26. The first-order chi connectivity index (χ1) is 11.9. The number of hydrazone groups is 1. The van der Waals surface area contributed by atoms with Gasteiger partial charge >= 0.3 is 0 Å². The monoisotopic (exact) mass is 360 g/mol. The molecule has 0 aliphatic heterocycles. The molecule has 25 heavy (non-hydrogen) atoms. The quantitative estimate of drug-likeness (QED) is 0.607. The van der Waals surface area contributed by atoms with Crippen LogP contribution in [0.4, 0.5) is 5.82 Å². The summed E-state index contributed by atoms with van der Waals surface area (Å²) in [5.74, 6) is 0.491. The van der Waals surface area contributed by atoms with E-state index in [4.69, 9.17) is 0 Å². The van der Waals surface area contributed by atoms with Gasteiger partial charge in [-0.1, -0.05) is 43.7 Å². The fourth-order valence-electron chi connectivity index (χ4n) is 2.31. The standard InChI is InChI=1S/C18H24N4O2S/c1-5-22(6-2)25(23,24)17-11-12-18(19-13-17)21-20-15(4)16-9-7-14(3)8-10-16/h7-13H,5-6H2,1-4H3,(H,19,21)/b20-15-. The molecule has 0 saturated carbocycles. The van der Waals surface area contributed by atoms with E-state index in [1.54, 1.807) is 12.1 Å². The van der Waals surface area contributed by atoms with E-state index in [1.807, 2.05) is 52.0 Å². The molecule has 1 N–H and O–H groups in total. The van der Waals surface area contributed by atoms with E-state index < -0.39 is 10.0 Å². The van der Waals surface area contributed by atoms with Crippen LogP contribution in [0.5, 0.6) is 0 Å². The van der Waals surface area contributed by atoms with E-state index in [1.165, 1.54) is 16.1 Å². The molecule has 0 aliphatic carbocycles. The number of nitrogens with one attached hydrogen (secondary N) is 1. The molecule has 6 nitrogen and oxygen atoms in total. The molecule has 1 aromatic carbocycles. The average Bonchev–Trinajstić information content (AvgIpc) is 2.61. The van der Waals surface area contributed by atoms with Gasteiger partial charge in [-0.25, -0.2) is 13.4 Å². The molecular formula is C18H24N4O2S. The van der Waals surface area contributed by atoms with Crippen LogP contribution in [0.3, 0.4) is 0 Å². The van der Waals surface area contributed by atoms with Crippen LogP contribution < -0.4 is 5.43 Å². The maximum Gasteiger partial charge on any atom is 0.244 e. The largest absolute Gasteiger partial charge is 0.261 e. The lowest BCUT2D eigenvalue weighted by Crippen LogP contribution is -2.30. The third kappa shape index (κ3) is 4.64.